The van der Waals surface area contributed by atoms with Crippen molar-refractivity contribution in [3.63, 3.8) is 0 Å². The van der Waals surface area contributed by atoms with E-state index < -0.39 is 11.6 Å². The Morgan fingerprint density at radius 3 is 2.70 bits per heavy atom. The van der Waals surface area contributed by atoms with Gasteiger partial charge in [0, 0.05) is 17.9 Å². The van der Waals surface area contributed by atoms with Crippen LogP contribution in [0.15, 0.2) is 47.1 Å². The number of carbonyl (C=O) groups excluding carboxylic acids is 1. The van der Waals surface area contributed by atoms with Gasteiger partial charge >= 0.3 is 0 Å². The number of hydrogen-bond donors (Lipinski definition) is 1. The quantitative estimate of drug-likeness (QED) is 0.682. The number of rotatable bonds is 5. The number of nitrogens with one attached hydrogen (secondary N) is 1. The van der Waals surface area contributed by atoms with Gasteiger partial charge in [-0.15, -0.1) is 0 Å². The third kappa shape index (κ3) is 3.77. The highest BCUT2D eigenvalue weighted by Gasteiger charge is 2.35. The Bertz CT molecular complexity index is 1060. The lowest BCUT2D eigenvalue weighted by atomic mass is 9.99. The average Bonchev–Trinajstić information content (AvgIpc) is 3.41. The molecule has 0 saturated carbocycles. The number of carbonyl (C=O) groups is 1. The Balaban J connectivity index is 1.55. The van der Waals surface area contributed by atoms with E-state index >= 15 is 0 Å². The third-order valence-corrected chi connectivity index (χ3v) is 5.96. The number of hydrogen-bond acceptors (Lipinski definition) is 3. The van der Waals surface area contributed by atoms with Crippen molar-refractivity contribution in [3.05, 3.63) is 82.6 Å². The van der Waals surface area contributed by atoms with E-state index in [-0.39, 0.29) is 18.0 Å². The molecule has 158 valence electrons. The van der Waals surface area contributed by atoms with Gasteiger partial charge in [0.25, 0.3) is 5.91 Å². The number of benzene rings is 1. The molecule has 3 aromatic rings. The summed E-state index contributed by atoms with van der Waals surface area (Å²) in [5, 5.41) is 3.11. The van der Waals surface area contributed by atoms with E-state index in [1.165, 1.54) is 6.07 Å². The molecule has 5 nitrogen and oxygen atoms in total. The van der Waals surface area contributed by atoms with E-state index in [9.17, 15) is 13.6 Å². The topological polar surface area (TPSA) is 50.4 Å². The number of aromatic nitrogens is 1. The number of likely N-dealkylation sites (tertiary alicyclic amines) is 1. The van der Waals surface area contributed by atoms with Gasteiger partial charge in [0.2, 0.25) is 0 Å². The summed E-state index contributed by atoms with van der Waals surface area (Å²) in [5.41, 5.74) is 3.09. The molecule has 1 N–H and O–H groups in total. The van der Waals surface area contributed by atoms with Gasteiger partial charge in [-0.2, -0.15) is 0 Å². The van der Waals surface area contributed by atoms with Crippen molar-refractivity contribution in [2.45, 2.75) is 38.9 Å². The van der Waals surface area contributed by atoms with Crippen LogP contribution in [0.1, 0.15) is 45.5 Å². The van der Waals surface area contributed by atoms with Gasteiger partial charge in [0.05, 0.1) is 30.5 Å². The summed E-state index contributed by atoms with van der Waals surface area (Å²) < 4.78 is 34.6. The Morgan fingerprint density at radius 2 is 2.00 bits per heavy atom. The second-order valence-electron chi connectivity index (χ2n) is 7.92. The summed E-state index contributed by atoms with van der Waals surface area (Å²) >= 11 is 0. The standard InChI is InChI=1S/C23H25F2N3O2/c1-14-11-18(15(2)28(14)13-17-5-4-10-30-17)23(29)26-21-8-9-27(3)22(21)16-6-7-19(24)20(25)12-16/h4-7,10-12,21-22H,8-9,13H2,1-3H3,(H,26,29)/t21-,22+/m1/s1. The maximum absolute atomic E-state index is 13.8. The summed E-state index contributed by atoms with van der Waals surface area (Å²) in [6, 6.07) is 9.15. The number of amides is 1. The number of nitrogens with zero attached hydrogens (tertiary/aromatic N) is 2. The van der Waals surface area contributed by atoms with Crippen LogP contribution >= 0.6 is 0 Å². The summed E-state index contributed by atoms with van der Waals surface area (Å²) in [7, 11) is 1.92. The number of likely N-dealkylation sites (N-methyl/N-ethyl adjacent to an activating group) is 1. The van der Waals surface area contributed by atoms with E-state index in [0.29, 0.717) is 17.7 Å². The van der Waals surface area contributed by atoms with Gasteiger partial charge in [-0.25, -0.2) is 8.78 Å². The van der Waals surface area contributed by atoms with E-state index in [0.717, 1.165) is 36.2 Å². The van der Waals surface area contributed by atoms with E-state index in [2.05, 4.69) is 10.2 Å². The van der Waals surface area contributed by atoms with Gasteiger partial charge in [0.15, 0.2) is 11.6 Å². The van der Waals surface area contributed by atoms with E-state index in [1.54, 1.807) is 12.3 Å². The predicted octanol–water partition coefficient (Wildman–Crippen LogP) is 4.20. The summed E-state index contributed by atoms with van der Waals surface area (Å²) in [5.74, 6) is -1.09. The van der Waals surface area contributed by atoms with Crippen LogP contribution in [-0.2, 0) is 6.54 Å². The molecule has 0 spiro atoms. The van der Waals surface area contributed by atoms with Gasteiger partial charge in [-0.1, -0.05) is 6.07 Å². The third-order valence-electron chi connectivity index (χ3n) is 5.96. The zero-order chi connectivity index (χ0) is 21.4. The smallest absolute Gasteiger partial charge is 0.253 e. The summed E-state index contributed by atoms with van der Waals surface area (Å²) in [6.45, 7) is 5.19. The molecule has 7 heteroatoms. The largest absolute Gasteiger partial charge is 0.467 e. The lowest BCUT2D eigenvalue weighted by molar-refractivity contribution is 0.0927. The highest BCUT2D eigenvalue weighted by molar-refractivity contribution is 5.96. The monoisotopic (exact) mass is 413 g/mol. The van der Waals surface area contributed by atoms with Crippen molar-refractivity contribution in [3.8, 4) is 0 Å². The molecule has 0 aliphatic carbocycles. The maximum Gasteiger partial charge on any atom is 0.253 e. The van der Waals surface area contributed by atoms with Crippen LogP contribution in [0.25, 0.3) is 0 Å². The van der Waals surface area contributed by atoms with Crippen molar-refractivity contribution in [2.75, 3.05) is 13.6 Å². The first-order valence-corrected chi connectivity index (χ1v) is 10.0. The highest BCUT2D eigenvalue weighted by Crippen LogP contribution is 2.32. The summed E-state index contributed by atoms with van der Waals surface area (Å²) in [4.78, 5) is 15.1. The molecule has 3 heterocycles. The molecule has 30 heavy (non-hydrogen) atoms. The molecule has 1 saturated heterocycles. The zero-order valence-electron chi connectivity index (χ0n) is 17.3. The van der Waals surface area contributed by atoms with Gasteiger partial charge < -0.3 is 14.3 Å². The van der Waals surface area contributed by atoms with Crippen LogP contribution in [-0.4, -0.2) is 35.0 Å². The fraction of sp³-hybridized carbons (Fsp3) is 0.348. The molecule has 0 bridgehead atoms. The van der Waals surface area contributed by atoms with Crippen molar-refractivity contribution >= 4 is 5.91 Å². The van der Waals surface area contributed by atoms with Crippen LogP contribution in [0.2, 0.25) is 0 Å². The maximum atomic E-state index is 13.8. The SMILES string of the molecule is Cc1cc(C(=O)N[C@@H]2CCN(C)[C@H]2c2ccc(F)c(F)c2)c(C)n1Cc1ccco1. The van der Waals surface area contributed by atoms with Crippen molar-refractivity contribution in [1.82, 2.24) is 14.8 Å². The molecule has 1 amide bonds. The number of aryl methyl sites for hydroxylation is 1. The van der Waals surface area contributed by atoms with Crippen LogP contribution < -0.4 is 5.32 Å². The normalized spacial score (nSPS) is 19.4. The predicted molar refractivity (Wildman–Crippen MR) is 109 cm³/mol. The number of halogens is 2. The fourth-order valence-electron chi connectivity index (χ4n) is 4.36. The zero-order valence-corrected chi connectivity index (χ0v) is 17.3. The molecule has 1 aliphatic rings. The van der Waals surface area contributed by atoms with Gasteiger partial charge in [-0.05, 0) is 63.2 Å². The second kappa shape index (κ2) is 8.07. The molecular formula is C23H25F2N3O2. The molecule has 2 aromatic heterocycles. The Kier molecular flexibility index (Phi) is 5.47. The average molecular weight is 413 g/mol. The molecular weight excluding hydrogens is 388 g/mol. The van der Waals surface area contributed by atoms with Crippen LogP contribution in [0.4, 0.5) is 8.78 Å². The molecule has 1 aromatic carbocycles. The molecule has 0 unspecified atom stereocenters. The molecule has 4 rings (SSSR count). The molecule has 1 aliphatic heterocycles. The minimum Gasteiger partial charge on any atom is -0.467 e. The van der Waals surface area contributed by atoms with Crippen molar-refractivity contribution in [1.29, 1.82) is 0 Å². The molecule has 2 atom stereocenters. The minimum atomic E-state index is -0.876. The van der Waals surface area contributed by atoms with Gasteiger partial charge in [-0.3, -0.25) is 9.69 Å². The molecule has 0 radical (unpaired) electrons. The van der Waals surface area contributed by atoms with Crippen molar-refractivity contribution in [2.24, 2.45) is 0 Å². The first-order chi connectivity index (χ1) is 14.3. The Morgan fingerprint density at radius 1 is 1.20 bits per heavy atom. The lowest BCUT2D eigenvalue weighted by Crippen LogP contribution is -2.39. The summed E-state index contributed by atoms with van der Waals surface area (Å²) in [6.07, 6.45) is 2.36. The second-order valence-corrected chi connectivity index (χ2v) is 7.92. The molecule has 1 fully saturated rings. The first-order valence-electron chi connectivity index (χ1n) is 10.0. The lowest BCUT2D eigenvalue weighted by Gasteiger charge is -2.26. The van der Waals surface area contributed by atoms with Crippen LogP contribution in [0.5, 0.6) is 0 Å². The number of furan rings is 1. The minimum absolute atomic E-state index is 0.165. The van der Waals surface area contributed by atoms with E-state index in [1.807, 2.05) is 43.7 Å². The van der Waals surface area contributed by atoms with Crippen LogP contribution in [0, 0.1) is 25.5 Å². The highest BCUT2D eigenvalue weighted by atomic mass is 19.2. The Hall–Kier alpha value is -2.93. The van der Waals surface area contributed by atoms with Crippen LogP contribution in [0.3, 0.4) is 0 Å². The van der Waals surface area contributed by atoms with Gasteiger partial charge in [0.1, 0.15) is 5.76 Å². The Labute approximate surface area is 174 Å². The van der Waals surface area contributed by atoms with E-state index in [4.69, 9.17) is 4.42 Å². The first kappa shape index (κ1) is 20.3. The van der Waals surface area contributed by atoms with Crippen molar-refractivity contribution < 1.29 is 18.0 Å². The fourth-order valence-corrected chi connectivity index (χ4v) is 4.36.